The molecule has 4 nitrogen and oxygen atoms in total. The standard InChI is InChI=1S/C17H17N3OS2/c1-12-15(23-16(20-12)14-8-5-9-22-14)11-19-17(21)18-10-13-6-3-2-4-7-13/h2-9H,10-11H2,1H3,(H2,18,19,21). The number of nitrogens with one attached hydrogen (secondary N) is 2. The minimum Gasteiger partial charge on any atom is -0.334 e. The molecule has 0 aliphatic heterocycles. The third kappa shape index (κ3) is 4.18. The summed E-state index contributed by atoms with van der Waals surface area (Å²) in [5.41, 5.74) is 2.05. The molecular weight excluding hydrogens is 326 g/mol. The van der Waals surface area contributed by atoms with Crippen LogP contribution in [-0.4, -0.2) is 11.0 Å². The molecular formula is C17H17N3OS2. The number of thiazole rings is 1. The van der Waals surface area contributed by atoms with E-state index in [0.717, 1.165) is 26.0 Å². The highest BCUT2D eigenvalue weighted by Crippen LogP contribution is 2.30. The first-order chi connectivity index (χ1) is 11.2. The Morgan fingerprint density at radius 3 is 2.61 bits per heavy atom. The highest BCUT2D eigenvalue weighted by atomic mass is 32.1. The van der Waals surface area contributed by atoms with Gasteiger partial charge in [0.25, 0.3) is 0 Å². The molecule has 0 unspecified atom stereocenters. The summed E-state index contributed by atoms with van der Waals surface area (Å²) in [6.45, 7) is 3.00. The lowest BCUT2D eigenvalue weighted by atomic mass is 10.2. The summed E-state index contributed by atoms with van der Waals surface area (Å²) in [6, 6.07) is 13.8. The maximum atomic E-state index is 11.9. The van der Waals surface area contributed by atoms with E-state index in [1.165, 1.54) is 0 Å². The molecule has 0 saturated carbocycles. The molecule has 0 aliphatic rings. The van der Waals surface area contributed by atoms with E-state index < -0.39 is 0 Å². The highest BCUT2D eigenvalue weighted by molar-refractivity contribution is 7.21. The Bertz CT molecular complexity index is 767. The Morgan fingerprint density at radius 2 is 1.87 bits per heavy atom. The average molecular weight is 343 g/mol. The van der Waals surface area contributed by atoms with Crippen LogP contribution in [-0.2, 0) is 13.1 Å². The van der Waals surface area contributed by atoms with Gasteiger partial charge in [-0.15, -0.1) is 22.7 Å². The number of hydrogen-bond acceptors (Lipinski definition) is 4. The van der Waals surface area contributed by atoms with Gasteiger partial charge >= 0.3 is 6.03 Å². The summed E-state index contributed by atoms with van der Waals surface area (Å²) in [7, 11) is 0. The second-order valence-electron chi connectivity index (χ2n) is 5.03. The second kappa shape index (κ2) is 7.39. The average Bonchev–Trinajstić information content (AvgIpc) is 3.21. The van der Waals surface area contributed by atoms with Gasteiger partial charge in [0, 0.05) is 11.4 Å². The number of aryl methyl sites for hydroxylation is 1. The van der Waals surface area contributed by atoms with Crippen LogP contribution in [0.2, 0.25) is 0 Å². The van der Waals surface area contributed by atoms with Gasteiger partial charge in [0.2, 0.25) is 0 Å². The third-order valence-electron chi connectivity index (χ3n) is 3.33. The molecule has 0 atom stereocenters. The number of nitrogens with zero attached hydrogens (tertiary/aromatic N) is 1. The van der Waals surface area contributed by atoms with Gasteiger partial charge in [-0.25, -0.2) is 9.78 Å². The zero-order valence-corrected chi connectivity index (χ0v) is 14.3. The van der Waals surface area contributed by atoms with Crippen LogP contribution < -0.4 is 10.6 Å². The SMILES string of the molecule is Cc1nc(-c2cccs2)sc1CNC(=O)NCc1ccccc1. The fourth-order valence-corrected chi connectivity index (χ4v) is 3.90. The number of aromatic nitrogens is 1. The molecule has 2 N–H and O–H groups in total. The fraction of sp³-hybridized carbons (Fsp3) is 0.176. The van der Waals surface area contributed by atoms with Gasteiger partial charge in [-0.3, -0.25) is 0 Å². The van der Waals surface area contributed by atoms with Crippen molar-refractivity contribution >= 4 is 28.7 Å². The Labute approximate surface area is 143 Å². The third-order valence-corrected chi connectivity index (χ3v) is 5.53. The van der Waals surface area contributed by atoms with Gasteiger partial charge in [0.05, 0.1) is 17.1 Å². The number of hydrogen-bond donors (Lipinski definition) is 2. The Balaban J connectivity index is 1.53. The monoisotopic (exact) mass is 343 g/mol. The van der Waals surface area contributed by atoms with Crippen LogP contribution in [0.1, 0.15) is 16.1 Å². The molecule has 1 aromatic carbocycles. The predicted molar refractivity (Wildman–Crippen MR) is 95.7 cm³/mol. The number of rotatable bonds is 5. The van der Waals surface area contributed by atoms with Crippen molar-refractivity contribution in [3.05, 3.63) is 64.0 Å². The van der Waals surface area contributed by atoms with E-state index in [2.05, 4.69) is 21.7 Å². The molecule has 118 valence electrons. The summed E-state index contributed by atoms with van der Waals surface area (Å²) in [4.78, 5) is 18.7. The predicted octanol–water partition coefficient (Wildman–Crippen LogP) is 4.18. The minimum atomic E-state index is -0.167. The van der Waals surface area contributed by atoms with Gasteiger partial charge in [0.15, 0.2) is 0 Å². The number of urea groups is 1. The fourth-order valence-electron chi connectivity index (χ4n) is 2.10. The highest BCUT2D eigenvalue weighted by Gasteiger charge is 2.11. The molecule has 6 heteroatoms. The summed E-state index contributed by atoms with van der Waals surface area (Å²) >= 11 is 3.31. The Hall–Kier alpha value is -2.18. The summed E-state index contributed by atoms with van der Waals surface area (Å²) < 4.78 is 0. The first kappa shape index (κ1) is 15.7. The van der Waals surface area contributed by atoms with E-state index in [1.54, 1.807) is 22.7 Å². The minimum absolute atomic E-state index is 0.167. The quantitative estimate of drug-likeness (QED) is 0.730. The number of thiophene rings is 1. The summed E-state index contributed by atoms with van der Waals surface area (Å²) in [5, 5.41) is 8.81. The molecule has 2 aromatic heterocycles. The topological polar surface area (TPSA) is 54.0 Å². The van der Waals surface area contributed by atoms with Crippen LogP contribution in [0.25, 0.3) is 9.88 Å². The molecule has 0 aliphatic carbocycles. The van der Waals surface area contributed by atoms with E-state index >= 15 is 0 Å². The van der Waals surface area contributed by atoms with Crippen LogP contribution >= 0.6 is 22.7 Å². The lowest BCUT2D eigenvalue weighted by Crippen LogP contribution is -2.34. The van der Waals surface area contributed by atoms with Gasteiger partial charge in [-0.1, -0.05) is 36.4 Å². The zero-order chi connectivity index (χ0) is 16.1. The second-order valence-corrected chi connectivity index (χ2v) is 7.06. The summed E-state index contributed by atoms with van der Waals surface area (Å²) in [5.74, 6) is 0. The number of amides is 2. The van der Waals surface area contributed by atoms with Crippen LogP contribution in [0.4, 0.5) is 4.79 Å². The van der Waals surface area contributed by atoms with Crippen molar-refractivity contribution in [1.82, 2.24) is 15.6 Å². The molecule has 2 heterocycles. The van der Waals surface area contributed by atoms with Crippen LogP contribution in [0.15, 0.2) is 47.8 Å². The molecule has 0 fully saturated rings. The van der Waals surface area contributed by atoms with E-state index in [-0.39, 0.29) is 6.03 Å². The van der Waals surface area contributed by atoms with Crippen molar-refractivity contribution in [3.8, 4) is 9.88 Å². The lowest BCUT2D eigenvalue weighted by Gasteiger charge is -2.07. The maximum absolute atomic E-state index is 11.9. The van der Waals surface area contributed by atoms with Crippen molar-refractivity contribution in [2.75, 3.05) is 0 Å². The first-order valence-corrected chi connectivity index (χ1v) is 8.98. The van der Waals surface area contributed by atoms with Crippen LogP contribution in [0, 0.1) is 6.92 Å². The molecule has 0 saturated heterocycles. The van der Waals surface area contributed by atoms with E-state index in [9.17, 15) is 4.79 Å². The Kier molecular flexibility index (Phi) is 5.05. The maximum Gasteiger partial charge on any atom is 0.315 e. The van der Waals surface area contributed by atoms with Gasteiger partial charge in [-0.05, 0) is 23.9 Å². The largest absolute Gasteiger partial charge is 0.334 e. The molecule has 23 heavy (non-hydrogen) atoms. The van der Waals surface area contributed by atoms with Crippen molar-refractivity contribution in [1.29, 1.82) is 0 Å². The van der Waals surface area contributed by atoms with Crippen molar-refractivity contribution < 1.29 is 4.79 Å². The molecule has 3 aromatic rings. The molecule has 0 bridgehead atoms. The first-order valence-electron chi connectivity index (χ1n) is 7.28. The van der Waals surface area contributed by atoms with Crippen molar-refractivity contribution in [2.45, 2.75) is 20.0 Å². The lowest BCUT2D eigenvalue weighted by molar-refractivity contribution is 0.240. The van der Waals surface area contributed by atoms with Crippen molar-refractivity contribution in [3.63, 3.8) is 0 Å². The van der Waals surface area contributed by atoms with Crippen LogP contribution in [0.5, 0.6) is 0 Å². The number of carbonyl (C=O) groups is 1. The van der Waals surface area contributed by atoms with E-state index in [0.29, 0.717) is 13.1 Å². The molecule has 0 spiro atoms. The number of benzene rings is 1. The molecule has 3 rings (SSSR count). The zero-order valence-electron chi connectivity index (χ0n) is 12.7. The van der Waals surface area contributed by atoms with Gasteiger partial charge in [0.1, 0.15) is 5.01 Å². The van der Waals surface area contributed by atoms with Gasteiger partial charge in [-0.2, -0.15) is 0 Å². The van der Waals surface area contributed by atoms with E-state index in [4.69, 9.17) is 0 Å². The molecule has 0 radical (unpaired) electrons. The van der Waals surface area contributed by atoms with E-state index in [1.807, 2.05) is 48.7 Å². The van der Waals surface area contributed by atoms with Gasteiger partial charge < -0.3 is 10.6 Å². The smallest absolute Gasteiger partial charge is 0.315 e. The Morgan fingerprint density at radius 1 is 1.09 bits per heavy atom. The normalized spacial score (nSPS) is 10.5. The molecule has 2 amide bonds. The van der Waals surface area contributed by atoms with Crippen molar-refractivity contribution in [2.24, 2.45) is 0 Å². The van der Waals surface area contributed by atoms with Crippen LogP contribution in [0.3, 0.4) is 0 Å². The number of carbonyl (C=O) groups excluding carboxylic acids is 1. The summed E-state index contributed by atoms with van der Waals surface area (Å²) in [6.07, 6.45) is 0.